The standard InChI is InChI=1S/C8H15N3O/c1-6(4-12)9-3-8-7(2)10-5-11-8/h5-6,9,12H,3-4H2,1-2H3,(H,10,11)/t6-/m1/s1. The Kier molecular flexibility index (Phi) is 3.25. The summed E-state index contributed by atoms with van der Waals surface area (Å²) in [6.07, 6.45) is 1.68. The van der Waals surface area contributed by atoms with Crippen molar-refractivity contribution in [2.24, 2.45) is 0 Å². The first-order chi connectivity index (χ1) is 5.74. The molecule has 0 radical (unpaired) electrons. The highest BCUT2D eigenvalue weighted by atomic mass is 16.3. The Morgan fingerprint density at radius 1 is 1.75 bits per heavy atom. The SMILES string of the molecule is Cc1[nH]cnc1CN[C@H](C)CO. The van der Waals surface area contributed by atoms with E-state index in [-0.39, 0.29) is 12.6 Å². The Labute approximate surface area is 72.0 Å². The molecule has 0 bridgehead atoms. The van der Waals surface area contributed by atoms with Gasteiger partial charge >= 0.3 is 0 Å². The van der Waals surface area contributed by atoms with Gasteiger partial charge in [0.1, 0.15) is 0 Å². The van der Waals surface area contributed by atoms with Crippen molar-refractivity contribution in [3.63, 3.8) is 0 Å². The minimum absolute atomic E-state index is 0.126. The minimum Gasteiger partial charge on any atom is -0.395 e. The summed E-state index contributed by atoms with van der Waals surface area (Å²) in [7, 11) is 0. The van der Waals surface area contributed by atoms with E-state index in [4.69, 9.17) is 5.11 Å². The van der Waals surface area contributed by atoms with Crippen molar-refractivity contribution in [2.45, 2.75) is 26.4 Å². The van der Waals surface area contributed by atoms with E-state index in [0.29, 0.717) is 6.54 Å². The number of hydrogen-bond acceptors (Lipinski definition) is 3. The highest BCUT2D eigenvalue weighted by Crippen LogP contribution is 1.99. The van der Waals surface area contributed by atoms with Gasteiger partial charge in [0.05, 0.1) is 18.6 Å². The van der Waals surface area contributed by atoms with Gasteiger partial charge < -0.3 is 15.4 Å². The smallest absolute Gasteiger partial charge is 0.0925 e. The quantitative estimate of drug-likeness (QED) is 0.603. The number of aliphatic hydroxyl groups is 1. The third-order valence-corrected chi connectivity index (χ3v) is 1.83. The summed E-state index contributed by atoms with van der Waals surface area (Å²) < 4.78 is 0. The summed E-state index contributed by atoms with van der Waals surface area (Å²) in [6.45, 7) is 4.77. The van der Waals surface area contributed by atoms with Crippen LogP contribution in [0.5, 0.6) is 0 Å². The second-order valence-corrected chi connectivity index (χ2v) is 2.94. The molecule has 0 aromatic carbocycles. The number of aryl methyl sites for hydroxylation is 1. The van der Waals surface area contributed by atoms with Crippen LogP contribution in [-0.4, -0.2) is 27.7 Å². The maximum atomic E-state index is 8.74. The molecule has 1 aromatic rings. The topological polar surface area (TPSA) is 60.9 Å². The zero-order chi connectivity index (χ0) is 8.97. The van der Waals surface area contributed by atoms with Gasteiger partial charge in [-0.15, -0.1) is 0 Å². The zero-order valence-corrected chi connectivity index (χ0v) is 7.46. The molecule has 0 amide bonds. The molecule has 12 heavy (non-hydrogen) atoms. The van der Waals surface area contributed by atoms with Crippen LogP contribution in [0.1, 0.15) is 18.3 Å². The number of rotatable bonds is 4. The molecule has 1 aromatic heterocycles. The highest BCUT2D eigenvalue weighted by molar-refractivity contribution is 5.08. The normalized spacial score (nSPS) is 13.2. The Morgan fingerprint density at radius 3 is 3.00 bits per heavy atom. The molecular weight excluding hydrogens is 154 g/mol. The van der Waals surface area contributed by atoms with Gasteiger partial charge in [0.25, 0.3) is 0 Å². The van der Waals surface area contributed by atoms with Crippen LogP contribution in [0.3, 0.4) is 0 Å². The van der Waals surface area contributed by atoms with E-state index in [1.54, 1.807) is 6.33 Å². The highest BCUT2D eigenvalue weighted by Gasteiger charge is 2.02. The maximum Gasteiger partial charge on any atom is 0.0925 e. The van der Waals surface area contributed by atoms with Gasteiger partial charge in [-0.1, -0.05) is 0 Å². The van der Waals surface area contributed by atoms with Crippen LogP contribution >= 0.6 is 0 Å². The first-order valence-electron chi connectivity index (χ1n) is 4.07. The lowest BCUT2D eigenvalue weighted by Crippen LogP contribution is -2.29. The third kappa shape index (κ3) is 2.32. The Balaban J connectivity index is 2.38. The molecule has 0 saturated carbocycles. The van der Waals surface area contributed by atoms with Crippen molar-refractivity contribution in [3.8, 4) is 0 Å². The van der Waals surface area contributed by atoms with Gasteiger partial charge in [0, 0.05) is 18.3 Å². The van der Waals surface area contributed by atoms with E-state index in [1.807, 2.05) is 13.8 Å². The van der Waals surface area contributed by atoms with Gasteiger partial charge in [-0.2, -0.15) is 0 Å². The van der Waals surface area contributed by atoms with Crippen LogP contribution in [0.15, 0.2) is 6.33 Å². The van der Waals surface area contributed by atoms with E-state index < -0.39 is 0 Å². The summed E-state index contributed by atoms with van der Waals surface area (Å²) >= 11 is 0. The van der Waals surface area contributed by atoms with Crippen LogP contribution in [0, 0.1) is 6.92 Å². The van der Waals surface area contributed by atoms with E-state index in [9.17, 15) is 0 Å². The summed E-state index contributed by atoms with van der Waals surface area (Å²) in [6, 6.07) is 0.126. The van der Waals surface area contributed by atoms with Crippen molar-refractivity contribution < 1.29 is 5.11 Å². The first-order valence-corrected chi connectivity index (χ1v) is 4.07. The molecule has 0 aliphatic heterocycles. The number of H-pyrrole nitrogens is 1. The van der Waals surface area contributed by atoms with Crippen LogP contribution in [-0.2, 0) is 6.54 Å². The number of hydrogen-bond donors (Lipinski definition) is 3. The largest absolute Gasteiger partial charge is 0.395 e. The average Bonchev–Trinajstić information content (AvgIpc) is 2.47. The second kappa shape index (κ2) is 4.23. The molecule has 1 atom stereocenters. The van der Waals surface area contributed by atoms with E-state index in [2.05, 4.69) is 15.3 Å². The molecule has 3 N–H and O–H groups in total. The van der Waals surface area contributed by atoms with Crippen molar-refractivity contribution in [3.05, 3.63) is 17.7 Å². The number of aromatic amines is 1. The molecule has 4 nitrogen and oxygen atoms in total. The lowest BCUT2D eigenvalue weighted by atomic mass is 10.3. The summed E-state index contributed by atoms with van der Waals surface area (Å²) in [4.78, 5) is 7.12. The molecule has 0 saturated heterocycles. The third-order valence-electron chi connectivity index (χ3n) is 1.83. The average molecular weight is 169 g/mol. The molecule has 0 fully saturated rings. The lowest BCUT2D eigenvalue weighted by molar-refractivity contribution is 0.250. The van der Waals surface area contributed by atoms with E-state index >= 15 is 0 Å². The summed E-state index contributed by atoms with van der Waals surface area (Å²) in [5, 5.41) is 11.9. The van der Waals surface area contributed by atoms with Gasteiger partial charge in [0.2, 0.25) is 0 Å². The summed E-state index contributed by atoms with van der Waals surface area (Å²) in [5.41, 5.74) is 2.09. The fourth-order valence-corrected chi connectivity index (χ4v) is 0.901. The number of nitrogens with zero attached hydrogens (tertiary/aromatic N) is 1. The fraction of sp³-hybridized carbons (Fsp3) is 0.625. The minimum atomic E-state index is 0.126. The van der Waals surface area contributed by atoms with Gasteiger partial charge in [-0.3, -0.25) is 0 Å². The van der Waals surface area contributed by atoms with Gasteiger partial charge in [0.15, 0.2) is 0 Å². The number of nitrogens with one attached hydrogen (secondary N) is 2. The predicted octanol–water partition coefficient (Wildman–Crippen LogP) is 0.189. The Morgan fingerprint density at radius 2 is 2.50 bits per heavy atom. The maximum absolute atomic E-state index is 8.74. The molecule has 0 aliphatic rings. The molecule has 4 heteroatoms. The van der Waals surface area contributed by atoms with Crippen molar-refractivity contribution in [2.75, 3.05) is 6.61 Å². The number of imidazole rings is 1. The van der Waals surface area contributed by atoms with Gasteiger partial charge in [-0.05, 0) is 13.8 Å². The number of aliphatic hydroxyl groups excluding tert-OH is 1. The second-order valence-electron chi connectivity index (χ2n) is 2.94. The molecule has 1 heterocycles. The zero-order valence-electron chi connectivity index (χ0n) is 7.46. The van der Waals surface area contributed by atoms with Crippen LogP contribution in [0.2, 0.25) is 0 Å². The Bertz CT molecular complexity index is 234. The van der Waals surface area contributed by atoms with Crippen LogP contribution < -0.4 is 5.32 Å². The molecule has 0 spiro atoms. The lowest BCUT2D eigenvalue weighted by Gasteiger charge is -2.08. The molecular formula is C8H15N3O. The van der Waals surface area contributed by atoms with Crippen LogP contribution in [0.4, 0.5) is 0 Å². The monoisotopic (exact) mass is 169 g/mol. The van der Waals surface area contributed by atoms with E-state index in [0.717, 1.165) is 11.4 Å². The van der Waals surface area contributed by atoms with Gasteiger partial charge in [-0.25, -0.2) is 4.98 Å². The number of aromatic nitrogens is 2. The molecule has 0 unspecified atom stereocenters. The Hall–Kier alpha value is -0.870. The molecule has 1 rings (SSSR count). The summed E-state index contributed by atoms with van der Waals surface area (Å²) in [5.74, 6) is 0. The first kappa shape index (κ1) is 9.22. The van der Waals surface area contributed by atoms with E-state index in [1.165, 1.54) is 0 Å². The van der Waals surface area contributed by atoms with Crippen molar-refractivity contribution in [1.29, 1.82) is 0 Å². The predicted molar refractivity (Wildman–Crippen MR) is 46.7 cm³/mol. The molecule has 68 valence electrons. The van der Waals surface area contributed by atoms with Crippen molar-refractivity contribution in [1.82, 2.24) is 15.3 Å². The molecule has 0 aliphatic carbocycles. The fourth-order valence-electron chi connectivity index (χ4n) is 0.901. The van der Waals surface area contributed by atoms with Crippen LogP contribution in [0.25, 0.3) is 0 Å². The van der Waals surface area contributed by atoms with Crippen molar-refractivity contribution >= 4 is 0 Å².